The van der Waals surface area contributed by atoms with Crippen molar-refractivity contribution in [1.29, 1.82) is 0 Å². The summed E-state index contributed by atoms with van der Waals surface area (Å²) in [6.07, 6.45) is 3.48. The highest BCUT2D eigenvalue weighted by Gasteiger charge is 2.04. The molecule has 0 bridgehead atoms. The molecule has 112 valence electrons. The molecule has 0 fully saturated rings. The standard InChI is InChI=1S/C16H20N2O2S/c1-3-4-5-8-17-16(21)18-12-6-7-13-11(2)9-15(19)20-14(13)10-12/h6-7,9-10H,3-5,8H2,1-2H3,(H2,17,18,21). The van der Waals surface area contributed by atoms with Gasteiger partial charge in [0.15, 0.2) is 5.11 Å². The van der Waals surface area contributed by atoms with Gasteiger partial charge in [-0.1, -0.05) is 19.8 Å². The molecule has 0 radical (unpaired) electrons. The lowest BCUT2D eigenvalue weighted by Crippen LogP contribution is -2.29. The monoisotopic (exact) mass is 304 g/mol. The SMILES string of the molecule is CCCCCNC(=S)Nc1ccc2c(C)cc(=O)oc2c1. The zero-order valence-electron chi connectivity index (χ0n) is 12.4. The van der Waals surface area contributed by atoms with Gasteiger partial charge in [0.1, 0.15) is 5.58 Å². The van der Waals surface area contributed by atoms with Crippen LogP contribution in [-0.2, 0) is 0 Å². The highest BCUT2D eigenvalue weighted by molar-refractivity contribution is 7.80. The number of hydrogen-bond donors (Lipinski definition) is 2. The molecule has 5 heteroatoms. The number of unbranched alkanes of at least 4 members (excludes halogenated alkanes) is 2. The number of fused-ring (bicyclic) bond motifs is 1. The number of aryl methyl sites for hydroxylation is 1. The van der Waals surface area contributed by atoms with E-state index in [2.05, 4.69) is 17.6 Å². The first-order chi connectivity index (χ1) is 10.1. The highest BCUT2D eigenvalue weighted by atomic mass is 32.1. The maximum atomic E-state index is 11.4. The fourth-order valence-electron chi connectivity index (χ4n) is 2.15. The van der Waals surface area contributed by atoms with Crippen LogP contribution in [-0.4, -0.2) is 11.7 Å². The average molecular weight is 304 g/mol. The van der Waals surface area contributed by atoms with E-state index >= 15 is 0 Å². The third-order valence-corrected chi connectivity index (χ3v) is 3.52. The van der Waals surface area contributed by atoms with Gasteiger partial charge in [0.25, 0.3) is 0 Å². The van der Waals surface area contributed by atoms with Crippen molar-refractivity contribution < 1.29 is 4.42 Å². The molecule has 0 saturated heterocycles. The van der Waals surface area contributed by atoms with Gasteiger partial charge in [-0.2, -0.15) is 0 Å². The van der Waals surface area contributed by atoms with E-state index in [1.807, 2.05) is 19.1 Å². The van der Waals surface area contributed by atoms with Crippen LogP contribution >= 0.6 is 12.2 Å². The molecule has 0 unspecified atom stereocenters. The van der Waals surface area contributed by atoms with Gasteiger partial charge >= 0.3 is 5.63 Å². The van der Waals surface area contributed by atoms with Crippen LogP contribution in [0.15, 0.2) is 33.5 Å². The molecule has 1 heterocycles. The summed E-state index contributed by atoms with van der Waals surface area (Å²) in [5.74, 6) is 0. The number of hydrogen-bond acceptors (Lipinski definition) is 3. The molecule has 0 aliphatic rings. The molecule has 0 aliphatic carbocycles. The Morgan fingerprint density at radius 1 is 1.29 bits per heavy atom. The minimum Gasteiger partial charge on any atom is -0.423 e. The van der Waals surface area contributed by atoms with Gasteiger partial charge in [-0.3, -0.25) is 0 Å². The van der Waals surface area contributed by atoms with E-state index in [9.17, 15) is 4.79 Å². The Hall–Kier alpha value is -1.88. The summed E-state index contributed by atoms with van der Waals surface area (Å²) in [7, 11) is 0. The summed E-state index contributed by atoms with van der Waals surface area (Å²) in [6, 6.07) is 7.14. The van der Waals surface area contributed by atoms with Crippen molar-refractivity contribution in [3.8, 4) is 0 Å². The van der Waals surface area contributed by atoms with Crippen LogP contribution in [0.3, 0.4) is 0 Å². The van der Waals surface area contributed by atoms with Crippen LogP contribution in [0.4, 0.5) is 5.69 Å². The van der Waals surface area contributed by atoms with E-state index in [0.29, 0.717) is 10.7 Å². The lowest BCUT2D eigenvalue weighted by Gasteiger charge is -2.11. The molecule has 2 N–H and O–H groups in total. The van der Waals surface area contributed by atoms with Gasteiger partial charge in [0, 0.05) is 29.8 Å². The van der Waals surface area contributed by atoms with Crippen molar-refractivity contribution >= 4 is 34.0 Å². The molecule has 2 rings (SSSR count). The first-order valence-corrected chi connectivity index (χ1v) is 7.60. The summed E-state index contributed by atoms with van der Waals surface area (Å²) in [6.45, 7) is 4.93. The maximum absolute atomic E-state index is 11.4. The van der Waals surface area contributed by atoms with E-state index in [4.69, 9.17) is 16.6 Å². The molecule has 2 aromatic rings. The van der Waals surface area contributed by atoms with Crippen LogP contribution in [0.1, 0.15) is 31.7 Å². The first-order valence-electron chi connectivity index (χ1n) is 7.19. The van der Waals surface area contributed by atoms with Crippen molar-refractivity contribution in [2.75, 3.05) is 11.9 Å². The maximum Gasteiger partial charge on any atom is 0.336 e. The quantitative estimate of drug-likeness (QED) is 0.502. The van der Waals surface area contributed by atoms with Crippen LogP contribution in [0.5, 0.6) is 0 Å². The molecule has 4 nitrogen and oxygen atoms in total. The average Bonchev–Trinajstić information content (AvgIpc) is 2.43. The third-order valence-electron chi connectivity index (χ3n) is 3.28. The topological polar surface area (TPSA) is 54.3 Å². The van der Waals surface area contributed by atoms with Crippen molar-refractivity contribution in [3.05, 3.63) is 40.2 Å². The molecule has 0 spiro atoms. The first kappa shape index (κ1) is 15.5. The third kappa shape index (κ3) is 4.29. The zero-order valence-corrected chi connectivity index (χ0v) is 13.2. The summed E-state index contributed by atoms with van der Waals surface area (Å²) in [4.78, 5) is 11.4. The van der Waals surface area contributed by atoms with Gasteiger partial charge in [0.2, 0.25) is 0 Å². The Labute approximate surface area is 129 Å². The number of rotatable bonds is 5. The largest absolute Gasteiger partial charge is 0.423 e. The number of benzene rings is 1. The van der Waals surface area contributed by atoms with Crippen LogP contribution in [0, 0.1) is 6.92 Å². The predicted molar refractivity (Wildman–Crippen MR) is 91.0 cm³/mol. The van der Waals surface area contributed by atoms with Crippen molar-refractivity contribution in [2.24, 2.45) is 0 Å². The second-order valence-electron chi connectivity index (χ2n) is 5.05. The number of anilines is 1. The van der Waals surface area contributed by atoms with E-state index in [1.54, 1.807) is 6.07 Å². The van der Waals surface area contributed by atoms with E-state index < -0.39 is 0 Å². The van der Waals surface area contributed by atoms with Crippen molar-refractivity contribution in [3.63, 3.8) is 0 Å². The Bertz CT molecular complexity index is 694. The Kier molecular flexibility index (Phi) is 5.33. The summed E-state index contributed by atoms with van der Waals surface area (Å²) >= 11 is 5.25. The van der Waals surface area contributed by atoms with Crippen molar-refractivity contribution in [2.45, 2.75) is 33.1 Å². The molecule has 0 amide bonds. The molecule has 0 aliphatic heterocycles. The lowest BCUT2D eigenvalue weighted by molar-refractivity contribution is 0.560. The van der Waals surface area contributed by atoms with Gasteiger partial charge in [0.05, 0.1) is 0 Å². The minimum absolute atomic E-state index is 0.336. The van der Waals surface area contributed by atoms with E-state index in [1.165, 1.54) is 18.9 Å². The lowest BCUT2D eigenvalue weighted by atomic mass is 10.1. The smallest absolute Gasteiger partial charge is 0.336 e. The van der Waals surface area contributed by atoms with Gasteiger partial charge in [-0.25, -0.2) is 4.79 Å². The fourth-order valence-corrected chi connectivity index (χ4v) is 2.37. The van der Waals surface area contributed by atoms with Crippen LogP contribution in [0.25, 0.3) is 11.0 Å². The van der Waals surface area contributed by atoms with Gasteiger partial charge < -0.3 is 15.1 Å². The summed E-state index contributed by atoms with van der Waals surface area (Å²) in [5.41, 5.74) is 1.95. The summed E-state index contributed by atoms with van der Waals surface area (Å²) < 4.78 is 5.22. The Morgan fingerprint density at radius 3 is 2.86 bits per heavy atom. The summed E-state index contributed by atoms with van der Waals surface area (Å²) in [5, 5.41) is 7.79. The minimum atomic E-state index is -0.336. The van der Waals surface area contributed by atoms with Gasteiger partial charge in [-0.15, -0.1) is 0 Å². The second kappa shape index (κ2) is 7.22. The number of nitrogens with one attached hydrogen (secondary N) is 2. The number of thiocarbonyl (C=S) groups is 1. The predicted octanol–water partition coefficient (Wildman–Crippen LogP) is 3.58. The second-order valence-corrected chi connectivity index (χ2v) is 5.46. The van der Waals surface area contributed by atoms with Crippen molar-refractivity contribution in [1.82, 2.24) is 5.32 Å². The fraction of sp³-hybridized carbons (Fsp3) is 0.375. The van der Waals surface area contributed by atoms with Crippen LogP contribution < -0.4 is 16.3 Å². The molecular formula is C16H20N2O2S. The molecular weight excluding hydrogens is 284 g/mol. The zero-order chi connectivity index (χ0) is 15.2. The Morgan fingerprint density at radius 2 is 2.10 bits per heavy atom. The van der Waals surface area contributed by atoms with E-state index in [-0.39, 0.29) is 5.63 Å². The normalized spacial score (nSPS) is 10.6. The Balaban J connectivity index is 2.05. The molecule has 0 atom stereocenters. The van der Waals surface area contributed by atoms with Gasteiger partial charge in [-0.05, 0) is 43.3 Å². The molecule has 21 heavy (non-hydrogen) atoms. The molecule has 1 aromatic heterocycles. The molecule has 0 saturated carbocycles. The van der Waals surface area contributed by atoms with Crippen LogP contribution in [0.2, 0.25) is 0 Å². The van der Waals surface area contributed by atoms with E-state index in [0.717, 1.165) is 29.6 Å². The highest BCUT2D eigenvalue weighted by Crippen LogP contribution is 2.20. The molecule has 1 aromatic carbocycles.